The zero-order chi connectivity index (χ0) is 17.5. The molecule has 0 spiro atoms. The third-order valence-electron chi connectivity index (χ3n) is 3.63. The minimum Gasteiger partial charge on any atom is -0.444 e. The summed E-state index contributed by atoms with van der Waals surface area (Å²) in [5.41, 5.74) is 7.34. The molecular formula is C16H31N3O4. The Kier molecular flexibility index (Phi) is 7.78. The average molecular weight is 329 g/mol. The fraction of sp³-hybridized carbons (Fsp3) is 0.875. The van der Waals surface area contributed by atoms with E-state index in [-0.39, 0.29) is 24.8 Å². The van der Waals surface area contributed by atoms with E-state index in [9.17, 15) is 9.59 Å². The van der Waals surface area contributed by atoms with E-state index in [1.807, 2.05) is 32.6 Å². The van der Waals surface area contributed by atoms with Crippen LogP contribution in [0.3, 0.4) is 0 Å². The second kappa shape index (κ2) is 9.08. The molecule has 1 rings (SSSR count). The topological polar surface area (TPSA) is 93.9 Å². The summed E-state index contributed by atoms with van der Waals surface area (Å²) in [6.07, 6.45) is 4.64. The van der Waals surface area contributed by atoms with E-state index in [1.165, 1.54) is 0 Å². The van der Waals surface area contributed by atoms with Crippen molar-refractivity contribution in [2.45, 2.75) is 77.5 Å². The van der Waals surface area contributed by atoms with Gasteiger partial charge in [-0.3, -0.25) is 9.63 Å². The number of nitrogens with one attached hydrogen (secondary N) is 1. The van der Waals surface area contributed by atoms with Gasteiger partial charge in [-0.1, -0.05) is 12.8 Å². The molecule has 3 N–H and O–H groups in total. The van der Waals surface area contributed by atoms with Crippen molar-refractivity contribution < 1.29 is 19.2 Å². The fourth-order valence-corrected chi connectivity index (χ4v) is 2.69. The lowest BCUT2D eigenvalue weighted by Crippen LogP contribution is -2.46. The number of carbonyl (C=O) groups excluding carboxylic acids is 2. The van der Waals surface area contributed by atoms with Crippen LogP contribution >= 0.6 is 0 Å². The normalized spacial score (nSPS) is 20.7. The van der Waals surface area contributed by atoms with Crippen molar-refractivity contribution in [2.24, 2.45) is 5.73 Å². The lowest BCUT2D eigenvalue weighted by molar-refractivity contribution is -0.126. The summed E-state index contributed by atoms with van der Waals surface area (Å²) in [5.74, 6) is -0.519. The molecule has 1 saturated heterocycles. The maximum absolute atomic E-state index is 12.5. The number of ether oxygens (including phenoxy) is 1. The zero-order valence-electron chi connectivity index (χ0n) is 14.8. The SMILES string of the molecule is CC(CC1CCCCCN1C(=O)OC(C)(C)C)NOCC(N)=O. The van der Waals surface area contributed by atoms with Crippen LogP contribution in [0.2, 0.25) is 0 Å². The highest BCUT2D eigenvalue weighted by Crippen LogP contribution is 2.23. The molecule has 0 saturated carbocycles. The largest absolute Gasteiger partial charge is 0.444 e. The number of primary amides is 1. The number of hydrogen-bond acceptors (Lipinski definition) is 5. The van der Waals surface area contributed by atoms with Gasteiger partial charge in [-0.15, -0.1) is 0 Å². The Labute approximate surface area is 138 Å². The molecule has 0 aliphatic carbocycles. The molecule has 2 atom stereocenters. The van der Waals surface area contributed by atoms with Gasteiger partial charge < -0.3 is 15.4 Å². The van der Waals surface area contributed by atoms with Gasteiger partial charge in [-0.25, -0.2) is 4.79 Å². The van der Waals surface area contributed by atoms with Crippen molar-refractivity contribution in [3.05, 3.63) is 0 Å². The van der Waals surface area contributed by atoms with Gasteiger partial charge in [-0.05, 0) is 47.0 Å². The summed E-state index contributed by atoms with van der Waals surface area (Å²) < 4.78 is 5.53. The van der Waals surface area contributed by atoms with E-state index in [1.54, 1.807) is 0 Å². The molecule has 1 aliphatic rings. The second-order valence-corrected chi connectivity index (χ2v) is 7.19. The van der Waals surface area contributed by atoms with Gasteiger partial charge in [0, 0.05) is 18.6 Å². The molecule has 1 fully saturated rings. The molecule has 2 amide bonds. The van der Waals surface area contributed by atoms with Crippen LogP contribution in [0, 0.1) is 0 Å². The first-order valence-corrected chi connectivity index (χ1v) is 8.34. The first-order chi connectivity index (χ1) is 10.7. The summed E-state index contributed by atoms with van der Waals surface area (Å²) in [4.78, 5) is 30.0. The maximum atomic E-state index is 12.5. The molecule has 134 valence electrons. The quantitative estimate of drug-likeness (QED) is 0.726. The minimum atomic E-state index is -0.519. The molecule has 0 aromatic carbocycles. The molecule has 0 radical (unpaired) electrons. The Bertz CT molecular complexity index is 395. The average Bonchev–Trinajstić information content (AvgIpc) is 2.61. The molecule has 2 unspecified atom stereocenters. The Balaban J connectivity index is 2.59. The fourth-order valence-electron chi connectivity index (χ4n) is 2.69. The monoisotopic (exact) mass is 329 g/mol. The van der Waals surface area contributed by atoms with E-state index < -0.39 is 11.5 Å². The van der Waals surface area contributed by atoms with Crippen LogP contribution in [0.5, 0.6) is 0 Å². The molecule has 1 heterocycles. The van der Waals surface area contributed by atoms with Crippen LogP contribution in [0.1, 0.15) is 59.8 Å². The van der Waals surface area contributed by atoms with Crippen LogP contribution in [-0.4, -0.2) is 47.7 Å². The summed E-state index contributed by atoms with van der Waals surface area (Å²) >= 11 is 0. The molecule has 23 heavy (non-hydrogen) atoms. The third kappa shape index (κ3) is 8.18. The van der Waals surface area contributed by atoms with Gasteiger partial charge in [-0.2, -0.15) is 5.48 Å². The van der Waals surface area contributed by atoms with E-state index in [2.05, 4.69) is 5.48 Å². The Morgan fingerprint density at radius 3 is 2.61 bits per heavy atom. The van der Waals surface area contributed by atoms with Crippen molar-refractivity contribution in [2.75, 3.05) is 13.2 Å². The summed E-state index contributed by atoms with van der Waals surface area (Å²) in [5, 5.41) is 0. The molecule has 7 heteroatoms. The maximum Gasteiger partial charge on any atom is 0.410 e. The smallest absolute Gasteiger partial charge is 0.410 e. The number of hydrogen-bond donors (Lipinski definition) is 2. The van der Waals surface area contributed by atoms with Crippen molar-refractivity contribution in [1.82, 2.24) is 10.4 Å². The minimum absolute atomic E-state index is 0.00221. The van der Waals surface area contributed by atoms with Gasteiger partial charge in [0.05, 0.1) is 0 Å². The Morgan fingerprint density at radius 2 is 2.00 bits per heavy atom. The predicted molar refractivity (Wildman–Crippen MR) is 87.6 cm³/mol. The van der Waals surface area contributed by atoms with Gasteiger partial charge in [0.1, 0.15) is 12.2 Å². The van der Waals surface area contributed by atoms with Crippen LogP contribution in [0.4, 0.5) is 4.79 Å². The number of nitrogens with zero attached hydrogens (tertiary/aromatic N) is 1. The highest BCUT2D eigenvalue weighted by molar-refractivity contribution is 5.74. The Morgan fingerprint density at radius 1 is 1.30 bits per heavy atom. The van der Waals surface area contributed by atoms with Gasteiger partial charge in [0.25, 0.3) is 0 Å². The van der Waals surface area contributed by atoms with E-state index in [4.69, 9.17) is 15.3 Å². The standard InChI is InChI=1S/C16H31N3O4/c1-12(18-22-11-14(17)20)10-13-8-6-5-7-9-19(13)15(21)23-16(2,3)4/h12-13,18H,5-11H2,1-4H3,(H2,17,20). The zero-order valence-corrected chi connectivity index (χ0v) is 14.8. The van der Waals surface area contributed by atoms with Crippen molar-refractivity contribution in [3.63, 3.8) is 0 Å². The Hall–Kier alpha value is -1.34. The number of rotatable bonds is 6. The first-order valence-electron chi connectivity index (χ1n) is 8.34. The number of nitrogens with two attached hydrogens (primary N) is 1. The summed E-state index contributed by atoms with van der Waals surface area (Å²) in [6, 6.07) is 0.106. The van der Waals surface area contributed by atoms with Crippen LogP contribution < -0.4 is 11.2 Å². The van der Waals surface area contributed by atoms with Crippen LogP contribution in [0.25, 0.3) is 0 Å². The third-order valence-corrected chi connectivity index (χ3v) is 3.63. The second-order valence-electron chi connectivity index (χ2n) is 7.19. The number of carbonyl (C=O) groups is 2. The molecule has 0 bridgehead atoms. The molecule has 0 aromatic rings. The van der Waals surface area contributed by atoms with E-state index in [0.717, 1.165) is 32.1 Å². The van der Waals surface area contributed by atoms with E-state index in [0.29, 0.717) is 6.54 Å². The number of amides is 2. The molecule has 1 aliphatic heterocycles. The highest BCUT2D eigenvalue weighted by atomic mass is 16.6. The van der Waals surface area contributed by atoms with Gasteiger partial charge in [0.15, 0.2) is 0 Å². The lowest BCUT2D eigenvalue weighted by Gasteiger charge is -2.33. The first kappa shape index (κ1) is 19.7. The predicted octanol–water partition coefficient (Wildman–Crippen LogP) is 1.95. The van der Waals surface area contributed by atoms with Crippen LogP contribution in [-0.2, 0) is 14.4 Å². The number of likely N-dealkylation sites (tertiary alicyclic amines) is 1. The highest BCUT2D eigenvalue weighted by Gasteiger charge is 2.30. The van der Waals surface area contributed by atoms with Gasteiger partial charge in [0.2, 0.25) is 5.91 Å². The van der Waals surface area contributed by atoms with Crippen molar-refractivity contribution in [3.8, 4) is 0 Å². The van der Waals surface area contributed by atoms with Crippen molar-refractivity contribution >= 4 is 12.0 Å². The lowest BCUT2D eigenvalue weighted by atomic mass is 10.0. The molecular weight excluding hydrogens is 298 g/mol. The van der Waals surface area contributed by atoms with E-state index >= 15 is 0 Å². The van der Waals surface area contributed by atoms with Crippen molar-refractivity contribution in [1.29, 1.82) is 0 Å². The van der Waals surface area contributed by atoms with Crippen LogP contribution in [0.15, 0.2) is 0 Å². The molecule has 0 aromatic heterocycles. The van der Waals surface area contributed by atoms with Gasteiger partial charge >= 0.3 is 6.09 Å². The summed E-state index contributed by atoms with van der Waals surface area (Å²) in [7, 11) is 0. The summed E-state index contributed by atoms with van der Waals surface area (Å²) in [6.45, 7) is 8.14. The number of hydroxylamine groups is 1. The molecule has 7 nitrogen and oxygen atoms in total.